The Bertz CT molecular complexity index is 1390. The van der Waals surface area contributed by atoms with Crippen LogP contribution in [-0.4, -0.2) is 50.0 Å². The molecule has 1 unspecified atom stereocenters. The summed E-state index contributed by atoms with van der Waals surface area (Å²) in [5.41, 5.74) is 0.723. The number of nitrogens with one attached hydrogen (secondary N) is 1. The minimum atomic E-state index is -4.84. The Morgan fingerprint density at radius 1 is 1.30 bits per heavy atom. The van der Waals surface area contributed by atoms with E-state index in [9.17, 15) is 22.8 Å². The van der Waals surface area contributed by atoms with Crippen LogP contribution < -0.4 is 10.3 Å². The minimum absolute atomic E-state index is 0.0684. The van der Waals surface area contributed by atoms with Gasteiger partial charge in [0.15, 0.2) is 5.65 Å². The highest BCUT2D eigenvalue weighted by atomic mass is 19.4. The topological polar surface area (TPSA) is 93.1 Å². The number of carbonyl (C=O) groups excluding carboxylic acids is 1. The summed E-state index contributed by atoms with van der Waals surface area (Å²) in [5.74, 6) is -0.243. The van der Waals surface area contributed by atoms with Gasteiger partial charge in [-0.25, -0.2) is 9.67 Å². The van der Waals surface area contributed by atoms with E-state index in [2.05, 4.69) is 19.8 Å². The van der Waals surface area contributed by atoms with Crippen LogP contribution in [0.1, 0.15) is 50.5 Å². The summed E-state index contributed by atoms with van der Waals surface area (Å²) >= 11 is 0. The van der Waals surface area contributed by atoms with Gasteiger partial charge in [0.05, 0.1) is 12.2 Å². The molecule has 1 aliphatic heterocycles. The fourth-order valence-corrected chi connectivity index (χ4v) is 4.44. The van der Waals surface area contributed by atoms with Crippen LogP contribution in [0.3, 0.4) is 0 Å². The van der Waals surface area contributed by atoms with Crippen LogP contribution >= 0.6 is 0 Å². The first-order chi connectivity index (χ1) is 17.7. The zero-order chi connectivity index (χ0) is 26.6. The Morgan fingerprint density at radius 2 is 2.08 bits per heavy atom. The average Bonchev–Trinajstić information content (AvgIpc) is 3.29. The Morgan fingerprint density at radius 3 is 2.81 bits per heavy atom. The maximum atomic E-state index is 13.1. The lowest BCUT2D eigenvalue weighted by atomic mass is 10.0. The van der Waals surface area contributed by atoms with Gasteiger partial charge in [-0.2, -0.15) is 5.10 Å². The molecule has 0 aliphatic carbocycles. The maximum absolute atomic E-state index is 13.1. The maximum Gasteiger partial charge on any atom is 0.573 e. The lowest BCUT2D eigenvalue weighted by molar-refractivity contribution is -0.274. The summed E-state index contributed by atoms with van der Waals surface area (Å²) in [6.07, 6.45) is 4.36. The second kappa shape index (κ2) is 11.0. The SMILES string of the molecule is C/C=C(\C=C/CC)C(=O)N1CCCC(n2ncc3c(=O)[nH]c(Cc4ccccc4OC(F)(F)F)nc32)C1. The zero-order valence-corrected chi connectivity index (χ0v) is 20.6. The van der Waals surface area contributed by atoms with Gasteiger partial charge < -0.3 is 14.6 Å². The molecule has 0 bridgehead atoms. The third-order valence-electron chi connectivity index (χ3n) is 6.19. The molecule has 8 nitrogen and oxygen atoms in total. The number of likely N-dealkylation sites (tertiary alicyclic amines) is 1. The van der Waals surface area contributed by atoms with E-state index in [0.29, 0.717) is 24.3 Å². The molecule has 3 heterocycles. The summed E-state index contributed by atoms with van der Waals surface area (Å²) in [7, 11) is 0. The number of nitrogens with zero attached hydrogens (tertiary/aromatic N) is 4. The molecule has 37 heavy (non-hydrogen) atoms. The number of hydrogen-bond donors (Lipinski definition) is 1. The molecule has 11 heteroatoms. The van der Waals surface area contributed by atoms with Crippen molar-refractivity contribution in [2.75, 3.05) is 13.1 Å². The summed E-state index contributed by atoms with van der Waals surface area (Å²) in [6.45, 7) is 4.84. The third-order valence-corrected chi connectivity index (χ3v) is 6.19. The van der Waals surface area contributed by atoms with Crippen molar-refractivity contribution in [3.63, 3.8) is 0 Å². The van der Waals surface area contributed by atoms with Gasteiger partial charge in [-0.15, -0.1) is 13.2 Å². The number of alkyl halides is 3. The molecule has 196 valence electrons. The largest absolute Gasteiger partial charge is 0.573 e. The first-order valence-electron chi connectivity index (χ1n) is 12.1. The van der Waals surface area contributed by atoms with Crippen LogP contribution in [0.5, 0.6) is 5.75 Å². The monoisotopic (exact) mass is 515 g/mol. The Hall–Kier alpha value is -3.89. The number of allylic oxidation sites excluding steroid dienone is 2. The van der Waals surface area contributed by atoms with Crippen molar-refractivity contribution in [2.24, 2.45) is 0 Å². The number of benzene rings is 1. The number of hydrogen-bond acceptors (Lipinski definition) is 5. The predicted octanol–water partition coefficient (Wildman–Crippen LogP) is 4.69. The van der Waals surface area contributed by atoms with E-state index in [0.717, 1.165) is 19.3 Å². The van der Waals surface area contributed by atoms with Gasteiger partial charge in [-0.05, 0) is 32.3 Å². The number of aromatic nitrogens is 4. The highest BCUT2D eigenvalue weighted by Gasteiger charge is 2.32. The molecule has 1 amide bonds. The van der Waals surface area contributed by atoms with Crippen molar-refractivity contribution in [1.82, 2.24) is 24.6 Å². The predicted molar refractivity (Wildman–Crippen MR) is 132 cm³/mol. The Kier molecular flexibility index (Phi) is 7.80. The van der Waals surface area contributed by atoms with E-state index in [-0.39, 0.29) is 40.9 Å². The first-order valence-corrected chi connectivity index (χ1v) is 12.1. The number of para-hydroxylation sites is 1. The zero-order valence-electron chi connectivity index (χ0n) is 20.6. The molecule has 1 saturated heterocycles. The van der Waals surface area contributed by atoms with Crippen molar-refractivity contribution in [3.8, 4) is 5.75 Å². The van der Waals surface area contributed by atoms with Crippen LogP contribution in [0.4, 0.5) is 13.2 Å². The molecule has 3 aromatic rings. The third kappa shape index (κ3) is 6.10. The first kappa shape index (κ1) is 26.2. The second-order valence-electron chi connectivity index (χ2n) is 8.77. The van der Waals surface area contributed by atoms with E-state index in [1.165, 1.54) is 24.4 Å². The molecule has 0 spiro atoms. The fraction of sp³-hybridized carbons (Fsp3) is 0.385. The number of ether oxygens (including phenoxy) is 1. The molecule has 4 rings (SSSR count). The summed E-state index contributed by atoms with van der Waals surface area (Å²) in [6, 6.07) is 5.52. The van der Waals surface area contributed by atoms with Gasteiger partial charge in [-0.1, -0.05) is 43.4 Å². The number of rotatable bonds is 7. The number of amides is 1. The van der Waals surface area contributed by atoms with Gasteiger partial charge in [-0.3, -0.25) is 9.59 Å². The van der Waals surface area contributed by atoms with Crippen molar-refractivity contribution in [1.29, 1.82) is 0 Å². The van der Waals surface area contributed by atoms with Crippen molar-refractivity contribution in [3.05, 3.63) is 76.0 Å². The Balaban J connectivity index is 1.62. The number of H-pyrrole nitrogens is 1. The van der Waals surface area contributed by atoms with Crippen molar-refractivity contribution < 1.29 is 22.7 Å². The highest BCUT2D eigenvalue weighted by molar-refractivity contribution is 5.96. The van der Waals surface area contributed by atoms with Gasteiger partial charge in [0.2, 0.25) is 0 Å². The number of fused-ring (bicyclic) bond motifs is 1. The van der Waals surface area contributed by atoms with Gasteiger partial charge in [0.1, 0.15) is 17.0 Å². The standard InChI is InChI=1S/C26H28F3N5O3/c1-3-5-9-17(4-2)25(36)33-13-8-11-19(16-33)34-23-20(15-30-34)24(35)32-22(31-23)14-18-10-6-7-12-21(18)37-26(27,28)29/h4-7,9-10,12,15,19H,3,8,11,13-14,16H2,1-2H3,(H,31,32,35)/b9-5-,17-4+. The molecular weight excluding hydrogens is 487 g/mol. The van der Waals surface area contributed by atoms with Crippen LogP contribution in [0.25, 0.3) is 11.0 Å². The van der Waals surface area contributed by atoms with Crippen LogP contribution in [0.2, 0.25) is 0 Å². The van der Waals surface area contributed by atoms with Crippen LogP contribution in [0.15, 0.2) is 59.1 Å². The number of aromatic amines is 1. The molecule has 1 N–H and O–H groups in total. The average molecular weight is 516 g/mol. The minimum Gasteiger partial charge on any atom is -0.405 e. The molecule has 0 saturated carbocycles. The lowest BCUT2D eigenvalue weighted by Crippen LogP contribution is -2.41. The van der Waals surface area contributed by atoms with E-state index in [1.807, 2.05) is 26.0 Å². The van der Waals surface area contributed by atoms with Crippen LogP contribution in [0, 0.1) is 0 Å². The van der Waals surface area contributed by atoms with Gasteiger partial charge >= 0.3 is 6.36 Å². The number of piperidine rings is 1. The Labute approximate surface area is 211 Å². The molecule has 1 aliphatic rings. The van der Waals surface area contributed by atoms with E-state index in [4.69, 9.17) is 0 Å². The summed E-state index contributed by atoms with van der Waals surface area (Å²) in [4.78, 5) is 34.8. The highest BCUT2D eigenvalue weighted by Crippen LogP contribution is 2.28. The lowest BCUT2D eigenvalue weighted by Gasteiger charge is -2.33. The molecule has 2 aromatic heterocycles. The molecule has 0 radical (unpaired) electrons. The summed E-state index contributed by atoms with van der Waals surface area (Å²) < 4.78 is 44.3. The molecule has 1 aromatic carbocycles. The normalized spacial score (nSPS) is 17.1. The van der Waals surface area contributed by atoms with Gasteiger partial charge in [0, 0.05) is 30.6 Å². The van der Waals surface area contributed by atoms with Crippen LogP contribution in [-0.2, 0) is 11.2 Å². The van der Waals surface area contributed by atoms with E-state index < -0.39 is 11.9 Å². The summed E-state index contributed by atoms with van der Waals surface area (Å²) in [5, 5.41) is 4.67. The molecular formula is C26H28F3N5O3. The number of carbonyl (C=O) groups is 1. The van der Waals surface area contributed by atoms with Gasteiger partial charge in [0.25, 0.3) is 11.5 Å². The quantitative estimate of drug-likeness (QED) is 0.364. The second-order valence-corrected chi connectivity index (χ2v) is 8.77. The fourth-order valence-electron chi connectivity index (χ4n) is 4.44. The van der Waals surface area contributed by atoms with Crippen molar-refractivity contribution in [2.45, 2.75) is 51.9 Å². The van der Waals surface area contributed by atoms with E-state index in [1.54, 1.807) is 21.7 Å². The number of halogens is 3. The molecule has 1 atom stereocenters. The smallest absolute Gasteiger partial charge is 0.405 e. The molecule has 1 fully saturated rings. The van der Waals surface area contributed by atoms with E-state index >= 15 is 0 Å². The van der Waals surface area contributed by atoms with Crippen molar-refractivity contribution >= 4 is 16.9 Å².